The lowest BCUT2D eigenvalue weighted by molar-refractivity contribution is 0.0996. The van der Waals surface area contributed by atoms with Crippen molar-refractivity contribution in [1.82, 2.24) is 9.97 Å². The van der Waals surface area contributed by atoms with E-state index in [9.17, 15) is 0 Å². The van der Waals surface area contributed by atoms with E-state index < -0.39 is 0 Å². The van der Waals surface area contributed by atoms with E-state index in [1.54, 1.807) is 12.4 Å². The first-order chi connectivity index (χ1) is 7.27. The Kier molecular flexibility index (Phi) is 3.01. The molecule has 2 rings (SSSR count). The predicted molar refractivity (Wildman–Crippen MR) is 58.5 cm³/mol. The summed E-state index contributed by atoms with van der Waals surface area (Å²) in [6.45, 7) is 2.93. The van der Waals surface area contributed by atoms with E-state index in [0.717, 1.165) is 19.4 Å². The van der Waals surface area contributed by atoms with E-state index in [0.29, 0.717) is 11.6 Å². The number of nitrogens with two attached hydrogens (primary N) is 1. The average Bonchev–Trinajstić information content (AvgIpc) is 2.74. The van der Waals surface area contributed by atoms with Crippen molar-refractivity contribution < 1.29 is 4.74 Å². The molecule has 5 heteroatoms. The molecule has 0 aliphatic carbocycles. The minimum Gasteiger partial charge on any atom is -0.381 e. The molecule has 1 aromatic heterocycles. The Morgan fingerprint density at radius 3 is 3.00 bits per heavy atom. The molecule has 0 radical (unpaired) electrons. The van der Waals surface area contributed by atoms with Crippen molar-refractivity contribution >= 4 is 11.6 Å². The maximum absolute atomic E-state index is 5.69. The van der Waals surface area contributed by atoms with E-state index in [1.807, 2.05) is 0 Å². The number of hydrogen-bond acceptors (Lipinski definition) is 5. The van der Waals surface area contributed by atoms with Crippen LogP contribution in [0.4, 0.5) is 11.6 Å². The second kappa shape index (κ2) is 4.44. The fraction of sp³-hybridized carbons (Fsp3) is 0.600. The zero-order valence-electron chi connectivity index (χ0n) is 8.81. The van der Waals surface area contributed by atoms with E-state index in [4.69, 9.17) is 10.5 Å². The Balaban J connectivity index is 1.99. The van der Waals surface area contributed by atoms with E-state index >= 15 is 0 Å². The third-order valence-corrected chi connectivity index (χ3v) is 2.61. The summed E-state index contributed by atoms with van der Waals surface area (Å²) in [5.41, 5.74) is 5.69. The van der Waals surface area contributed by atoms with Gasteiger partial charge in [-0.1, -0.05) is 0 Å². The molecule has 2 heterocycles. The molecule has 15 heavy (non-hydrogen) atoms. The molecule has 0 aromatic carbocycles. The first-order valence-electron chi connectivity index (χ1n) is 5.22. The molecule has 1 aliphatic rings. The molecule has 0 amide bonds. The summed E-state index contributed by atoms with van der Waals surface area (Å²) in [6, 6.07) is 0.214. The van der Waals surface area contributed by atoms with Crippen molar-refractivity contribution in [3.63, 3.8) is 0 Å². The minimum absolute atomic E-state index is 0.214. The molecule has 2 atom stereocenters. The van der Waals surface area contributed by atoms with Gasteiger partial charge in [0.1, 0.15) is 0 Å². The average molecular weight is 208 g/mol. The van der Waals surface area contributed by atoms with Gasteiger partial charge in [-0.05, 0) is 19.8 Å². The quantitative estimate of drug-likeness (QED) is 0.776. The van der Waals surface area contributed by atoms with Crippen LogP contribution in [-0.2, 0) is 4.74 Å². The van der Waals surface area contributed by atoms with Crippen molar-refractivity contribution in [3.8, 4) is 0 Å². The van der Waals surface area contributed by atoms with Gasteiger partial charge < -0.3 is 15.8 Å². The highest BCUT2D eigenvalue weighted by Gasteiger charge is 2.22. The molecule has 1 saturated heterocycles. The first-order valence-corrected chi connectivity index (χ1v) is 5.22. The highest BCUT2D eigenvalue weighted by Crippen LogP contribution is 2.19. The second-order valence-electron chi connectivity index (χ2n) is 3.77. The molecular formula is C10H16N4O. The van der Waals surface area contributed by atoms with Crippen molar-refractivity contribution in [2.75, 3.05) is 17.7 Å². The van der Waals surface area contributed by atoms with Crippen LogP contribution in [0.25, 0.3) is 0 Å². The summed E-state index contributed by atoms with van der Waals surface area (Å²) >= 11 is 0. The van der Waals surface area contributed by atoms with Gasteiger partial charge in [0.05, 0.1) is 12.1 Å². The molecule has 0 saturated carbocycles. The summed E-state index contributed by atoms with van der Waals surface area (Å²) in [6.07, 6.45) is 5.69. The van der Waals surface area contributed by atoms with Crippen LogP contribution >= 0.6 is 0 Å². The third-order valence-electron chi connectivity index (χ3n) is 2.61. The molecule has 5 nitrogen and oxygen atoms in total. The van der Waals surface area contributed by atoms with Crippen LogP contribution in [-0.4, -0.2) is 28.7 Å². The molecule has 3 N–H and O–H groups in total. The zero-order chi connectivity index (χ0) is 10.7. The summed E-state index contributed by atoms with van der Waals surface area (Å²) in [5.74, 6) is 1.07. The number of nitrogen functional groups attached to an aromatic ring is 1. The van der Waals surface area contributed by atoms with Gasteiger partial charge in [-0.3, -0.25) is 0 Å². The molecule has 1 aliphatic heterocycles. The van der Waals surface area contributed by atoms with E-state index in [2.05, 4.69) is 22.2 Å². The Morgan fingerprint density at radius 1 is 1.53 bits per heavy atom. The maximum atomic E-state index is 5.69. The smallest absolute Gasteiger partial charge is 0.169 e. The number of nitrogens with one attached hydrogen (secondary N) is 1. The summed E-state index contributed by atoms with van der Waals surface area (Å²) in [7, 11) is 0. The topological polar surface area (TPSA) is 73.1 Å². The van der Waals surface area contributed by atoms with Gasteiger partial charge >= 0.3 is 0 Å². The molecule has 2 unspecified atom stereocenters. The summed E-state index contributed by atoms with van der Waals surface area (Å²) < 4.78 is 5.58. The van der Waals surface area contributed by atoms with Crippen LogP contribution < -0.4 is 11.1 Å². The molecule has 1 aromatic rings. The number of ether oxygens (including phenoxy) is 1. The highest BCUT2D eigenvalue weighted by atomic mass is 16.5. The molecule has 0 bridgehead atoms. The van der Waals surface area contributed by atoms with Gasteiger partial charge in [0.15, 0.2) is 11.6 Å². The van der Waals surface area contributed by atoms with Crippen LogP contribution in [0.3, 0.4) is 0 Å². The van der Waals surface area contributed by atoms with E-state index in [1.165, 1.54) is 0 Å². The molecule has 1 fully saturated rings. The number of aromatic nitrogens is 2. The molecular weight excluding hydrogens is 192 g/mol. The Bertz CT molecular complexity index is 325. The fourth-order valence-corrected chi connectivity index (χ4v) is 1.77. The lowest BCUT2D eigenvalue weighted by Crippen LogP contribution is -2.30. The van der Waals surface area contributed by atoms with Gasteiger partial charge in [-0.2, -0.15) is 0 Å². The van der Waals surface area contributed by atoms with E-state index in [-0.39, 0.29) is 12.1 Å². The highest BCUT2D eigenvalue weighted by molar-refractivity contribution is 5.55. The Hall–Kier alpha value is -1.36. The van der Waals surface area contributed by atoms with Crippen molar-refractivity contribution in [2.45, 2.75) is 31.9 Å². The Labute approximate surface area is 89.1 Å². The van der Waals surface area contributed by atoms with Gasteiger partial charge in [-0.25, -0.2) is 9.97 Å². The summed E-state index contributed by atoms with van der Waals surface area (Å²) in [4.78, 5) is 8.11. The van der Waals surface area contributed by atoms with Crippen LogP contribution in [0, 0.1) is 0 Å². The SMILES string of the molecule is CC(Nc1nccnc1N)C1CCCO1. The monoisotopic (exact) mass is 208 g/mol. The standard InChI is InChI=1S/C10H16N4O/c1-7(8-3-2-6-15-8)14-10-9(11)12-4-5-13-10/h4-5,7-8H,2-3,6H2,1H3,(H2,11,12)(H,13,14). The van der Waals surface area contributed by atoms with Crippen LogP contribution in [0.5, 0.6) is 0 Å². The number of nitrogens with zero attached hydrogens (tertiary/aromatic N) is 2. The number of rotatable bonds is 3. The molecule has 0 spiro atoms. The van der Waals surface area contributed by atoms with Gasteiger partial charge in [-0.15, -0.1) is 0 Å². The molecule has 82 valence electrons. The summed E-state index contributed by atoms with van der Waals surface area (Å²) in [5, 5.41) is 3.23. The normalized spacial score (nSPS) is 22.6. The zero-order valence-corrected chi connectivity index (χ0v) is 8.81. The Morgan fingerprint density at radius 2 is 2.33 bits per heavy atom. The number of hydrogen-bond donors (Lipinski definition) is 2. The second-order valence-corrected chi connectivity index (χ2v) is 3.77. The largest absolute Gasteiger partial charge is 0.381 e. The number of anilines is 2. The van der Waals surface area contributed by atoms with Crippen molar-refractivity contribution in [2.24, 2.45) is 0 Å². The van der Waals surface area contributed by atoms with Crippen LogP contribution in [0.15, 0.2) is 12.4 Å². The van der Waals surface area contributed by atoms with Crippen LogP contribution in [0.1, 0.15) is 19.8 Å². The third kappa shape index (κ3) is 2.36. The van der Waals surface area contributed by atoms with Crippen LogP contribution in [0.2, 0.25) is 0 Å². The van der Waals surface area contributed by atoms with Crippen molar-refractivity contribution in [1.29, 1.82) is 0 Å². The minimum atomic E-state index is 0.214. The van der Waals surface area contributed by atoms with Gasteiger partial charge in [0.25, 0.3) is 0 Å². The van der Waals surface area contributed by atoms with Crippen molar-refractivity contribution in [3.05, 3.63) is 12.4 Å². The first kappa shape index (κ1) is 10.2. The lowest BCUT2D eigenvalue weighted by Gasteiger charge is -2.20. The predicted octanol–water partition coefficient (Wildman–Crippen LogP) is 1.04. The lowest BCUT2D eigenvalue weighted by atomic mass is 10.1. The van der Waals surface area contributed by atoms with Gasteiger partial charge in [0, 0.05) is 19.0 Å². The fourth-order valence-electron chi connectivity index (χ4n) is 1.77. The maximum Gasteiger partial charge on any atom is 0.169 e. The van der Waals surface area contributed by atoms with Gasteiger partial charge in [0.2, 0.25) is 0 Å².